The Labute approximate surface area is 88.3 Å². The summed E-state index contributed by atoms with van der Waals surface area (Å²) in [5.41, 5.74) is 0.961. The van der Waals surface area contributed by atoms with Gasteiger partial charge in [-0.3, -0.25) is 0 Å². The Morgan fingerprint density at radius 3 is 2.33 bits per heavy atom. The lowest BCUT2D eigenvalue weighted by atomic mass is 10.2. The summed E-state index contributed by atoms with van der Waals surface area (Å²) in [5.74, 6) is 0.764. The van der Waals surface area contributed by atoms with E-state index in [1.165, 1.54) is 6.92 Å². The first-order chi connectivity index (χ1) is 7.13. The Bertz CT molecular complexity index is 287. The maximum Gasteiger partial charge on any atom is 0.253 e. The Hall–Kier alpha value is -1.16. The third-order valence-corrected chi connectivity index (χ3v) is 2.17. The molecule has 0 radical (unpaired) electrons. The van der Waals surface area contributed by atoms with Crippen molar-refractivity contribution in [1.82, 2.24) is 5.32 Å². The van der Waals surface area contributed by atoms with E-state index in [0.717, 1.165) is 11.3 Å². The number of benzene rings is 1. The molecule has 0 aromatic heterocycles. The van der Waals surface area contributed by atoms with E-state index in [1.54, 1.807) is 7.11 Å². The Morgan fingerprint density at radius 2 is 1.87 bits per heavy atom. The van der Waals surface area contributed by atoms with Gasteiger partial charge in [0.05, 0.1) is 13.2 Å². The van der Waals surface area contributed by atoms with Crippen LogP contribution in [-0.2, 0) is 6.54 Å². The topological polar surface area (TPSA) is 21.3 Å². The van der Waals surface area contributed by atoms with E-state index in [-0.39, 0.29) is 0 Å². The SMILES string of the molecule is COc1ccc(CNC(C)C(F)F)cc1. The molecule has 84 valence electrons. The van der Waals surface area contributed by atoms with Gasteiger partial charge in [-0.25, -0.2) is 8.78 Å². The molecule has 1 N–H and O–H groups in total. The number of ether oxygens (including phenoxy) is 1. The molecule has 0 aliphatic rings. The summed E-state index contributed by atoms with van der Waals surface area (Å²) in [4.78, 5) is 0. The second kappa shape index (κ2) is 5.66. The molecule has 15 heavy (non-hydrogen) atoms. The lowest BCUT2D eigenvalue weighted by molar-refractivity contribution is 0.105. The van der Waals surface area contributed by atoms with Gasteiger partial charge in [0, 0.05) is 6.54 Å². The van der Waals surface area contributed by atoms with Crippen molar-refractivity contribution < 1.29 is 13.5 Å². The first kappa shape index (κ1) is 11.9. The van der Waals surface area contributed by atoms with E-state index in [2.05, 4.69) is 5.32 Å². The summed E-state index contributed by atoms with van der Waals surface area (Å²) in [6.45, 7) is 1.91. The van der Waals surface area contributed by atoms with E-state index in [0.29, 0.717) is 6.54 Å². The number of rotatable bonds is 5. The van der Waals surface area contributed by atoms with Gasteiger partial charge in [-0.2, -0.15) is 0 Å². The van der Waals surface area contributed by atoms with Crippen molar-refractivity contribution in [1.29, 1.82) is 0 Å². The molecular formula is C11H15F2NO. The van der Waals surface area contributed by atoms with Crippen LogP contribution in [0.25, 0.3) is 0 Å². The molecular weight excluding hydrogens is 200 g/mol. The molecule has 0 aliphatic carbocycles. The van der Waals surface area contributed by atoms with Crippen molar-refractivity contribution in [3.63, 3.8) is 0 Å². The fourth-order valence-corrected chi connectivity index (χ4v) is 1.11. The molecule has 0 bridgehead atoms. The maximum absolute atomic E-state index is 12.2. The monoisotopic (exact) mass is 215 g/mol. The van der Waals surface area contributed by atoms with Crippen LogP contribution in [0.2, 0.25) is 0 Å². The minimum atomic E-state index is -2.33. The largest absolute Gasteiger partial charge is 0.497 e. The number of halogens is 2. The number of nitrogens with one attached hydrogen (secondary N) is 1. The molecule has 0 saturated carbocycles. The van der Waals surface area contributed by atoms with E-state index in [9.17, 15) is 8.78 Å². The van der Waals surface area contributed by atoms with Gasteiger partial charge >= 0.3 is 0 Å². The van der Waals surface area contributed by atoms with Gasteiger partial charge in [-0.15, -0.1) is 0 Å². The van der Waals surface area contributed by atoms with Gasteiger partial charge in [0.25, 0.3) is 6.43 Å². The van der Waals surface area contributed by atoms with Gasteiger partial charge in [-0.05, 0) is 24.6 Å². The van der Waals surface area contributed by atoms with Crippen LogP contribution >= 0.6 is 0 Å². The highest BCUT2D eigenvalue weighted by Crippen LogP contribution is 2.11. The highest BCUT2D eigenvalue weighted by atomic mass is 19.3. The fourth-order valence-electron chi connectivity index (χ4n) is 1.11. The first-order valence-electron chi connectivity index (χ1n) is 4.78. The van der Waals surface area contributed by atoms with Crippen LogP contribution in [0.5, 0.6) is 5.75 Å². The first-order valence-corrected chi connectivity index (χ1v) is 4.78. The summed E-state index contributed by atoms with van der Waals surface area (Å²) in [7, 11) is 1.59. The van der Waals surface area contributed by atoms with Crippen LogP contribution in [0.1, 0.15) is 12.5 Å². The normalized spacial score (nSPS) is 12.9. The molecule has 1 aromatic carbocycles. The Kier molecular flexibility index (Phi) is 4.49. The van der Waals surface area contributed by atoms with Crippen molar-refractivity contribution in [2.45, 2.75) is 25.9 Å². The average Bonchev–Trinajstić information content (AvgIpc) is 2.26. The Balaban J connectivity index is 2.44. The van der Waals surface area contributed by atoms with E-state index in [1.807, 2.05) is 24.3 Å². The van der Waals surface area contributed by atoms with Crippen molar-refractivity contribution in [2.75, 3.05) is 7.11 Å². The summed E-state index contributed by atoms with van der Waals surface area (Å²) in [6.07, 6.45) is -2.33. The van der Waals surface area contributed by atoms with Crippen LogP contribution < -0.4 is 10.1 Å². The van der Waals surface area contributed by atoms with E-state index >= 15 is 0 Å². The van der Waals surface area contributed by atoms with E-state index in [4.69, 9.17) is 4.74 Å². The number of hydrogen-bond acceptors (Lipinski definition) is 2. The van der Waals surface area contributed by atoms with Gasteiger partial charge in [-0.1, -0.05) is 12.1 Å². The molecule has 0 saturated heterocycles. The molecule has 0 heterocycles. The van der Waals surface area contributed by atoms with Crippen LogP contribution in [0.4, 0.5) is 8.78 Å². The molecule has 4 heteroatoms. The smallest absolute Gasteiger partial charge is 0.253 e. The lowest BCUT2D eigenvalue weighted by Crippen LogP contribution is -2.31. The zero-order valence-electron chi connectivity index (χ0n) is 8.84. The summed E-state index contributed by atoms with van der Waals surface area (Å²) >= 11 is 0. The molecule has 1 atom stereocenters. The molecule has 0 fully saturated rings. The summed E-state index contributed by atoms with van der Waals surface area (Å²) in [5, 5.41) is 2.74. The summed E-state index contributed by atoms with van der Waals surface area (Å²) in [6, 6.07) is 6.54. The van der Waals surface area contributed by atoms with Gasteiger partial charge in [0.2, 0.25) is 0 Å². The second-order valence-electron chi connectivity index (χ2n) is 3.35. The van der Waals surface area contributed by atoms with Crippen molar-refractivity contribution in [3.8, 4) is 5.75 Å². The average molecular weight is 215 g/mol. The maximum atomic E-state index is 12.2. The molecule has 0 aliphatic heterocycles. The zero-order valence-corrected chi connectivity index (χ0v) is 8.84. The third-order valence-electron chi connectivity index (χ3n) is 2.17. The van der Waals surface area contributed by atoms with E-state index < -0.39 is 12.5 Å². The van der Waals surface area contributed by atoms with Crippen LogP contribution in [-0.4, -0.2) is 19.6 Å². The fraction of sp³-hybridized carbons (Fsp3) is 0.455. The molecule has 2 nitrogen and oxygen atoms in total. The quantitative estimate of drug-likeness (QED) is 0.814. The number of hydrogen-bond donors (Lipinski definition) is 1. The molecule has 0 spiro atoms. The molecule has 0 amide bonds. The van der Waals surface area contributed by atoms with Gasteiger partial charge in [0.1, 0.15) is 5.75 Å². The van der Waals surface area contributed by atoms with Crippen molar-refractivity contribution in [3.05, 3.63) is 29.8 Å². The molecule has 1 aromatic rings. The van der Waals surface area contributed by atoms with Crippen molar-refractivity contribution in [2.24, 2.45) is 0 Å². The predicted octanol–water partition coefficient (Wildman–Crippen LogP) is 2.44. The highest BCUT2D eigenvalue weighted by molar-refractivity contribution is 5.27. The van der Waals surface area contributed by atoms with Crippen LogP contribution in [0, 0.1) is 0 Å². The second-order valence-corrected chi connectivity index (χ2v) is 3.35. The number of alkyl halides is 2. The van der Waals surface area contributed by atoms with Crippen molar-refractivity contribution >= 4 is 0 Å². The van der Waals surface area contributed by atoms with Gasteiger partial charge < -0.3 is 10.1 Å². The third kappa shape index (κ3) is 3.83. The standard InChI is InChI=1S/C11H15F2NO/c1-8(11(12)13)14-7-9-3-5-10(15-2)6-4-9/h3-6,8,11,14H,7H2,1-2H3. The van der Waals surface area contributed by atoms with Crippen LogP contribution in [0.15, 0.2) is 24.3 Å². The minimum absolute atomic E-state index is 0.440. The molecule has 1 unspecified atom stereocenters. The molecule has 1 rings (SSSR count). The summed E-state index contributed by atoms with van der Waals surface area (Å²) < 4.78 is 29.3. The number of methoxy groups -OCH3 is 1. The van der Waals surface area contributed by atoms with Gasteiger partial charge in [0.15, 0.2) is 0 Å². The lowest BCUT2D eigenvalue weighted by Gasteiger charge is -2.12. The highest BCUT2D eigenvalue weighted by Gasteiger charge is 2.12. The van der Waals surface area contributed by atoms with Crippen LogP contribution in [0.3, 0.4) is 0 Å². The zero-order chi connectivity index (χ0) is 11.3. The predicted molar refractivity (Wildman–Crippen MR) is 55.3 cm³/mol. The Morgan fingerprint density at radius 1 is 1.27 bits per heavy atom. The minimum Gasteiger partial charge on any atom is -0.497 e.